The van der Waals surface area contributed by atoms with Gasteiger partial charge in [0.15, 0.2) is 5.78 Å². The van der Waals surface area contributed by atoms with E-state index in [2.05, 4.69) is 6.92 Å². The molecule has 0 saturated heterocycles. The lowest BCUT2D eigenvalue weighted by atomic mass is 9.73. The standard InChI is InChI=1S/C23H32O2/c1-2-3-7-20-10-13-21(14-11-20)22(18-24)15-17-23(25)16-12-19-8-5-4-6-9-19/h4-6,8-9,12,16,18,20-22H,2-3,7,10-11,13-15,17H2,1H3/b16-12+. The molecule has 0 amide bonds. The number of aldehydes is 1. The summed E-state index contributed by atoms with van der Waals surface area (Å²) in [4.78, 5) is 23.6. The van der Waals surface area contributed by atoms with Crippen molar-refractivity contribution >= 4 is 18.1 Å². The summed E-state index contributed by atoms with van der Waals surface area (Å²) < 4.78 is 0. The molecule has 1 aliphatic carbocycles. The molecular weight excluding hydrogens is 308 g/mol. The van der Waals surface area contributed by atoms with Crippen LogP contribution < -0.4 is 0 Å². The number of ketones is 1. The molecule has 1 aromatic carbocycles. The molecule has 1 saturated carbocycles. The zero-order valence-corrected chi connectivity index (χ0v) is 15.5. The molecule has 0 spiro atoms. The molecule has 1 fully saturated rings. The summed E-state index contributed by atoms with van der Waals surface area (Å²) in [5.74, 6) is 1.52. The quantitative estimate of drug-likeness (QED) is 0.395. The molecule has 1 aromatic rings. The largest absolute Gasteiger partial charge is 0.303 e. The van der Waals surface area contributed by atoms with Crippen molar-refractivity contribution in [2.45, 2.75) is 64.7 Å². The Hall–Kier alpha value is -1.70. The minimum Gasteiger partial charge on any atom is -0.303 e. The smallest absolute Gasteiger partial charge is 0.155 e. The van der Waals surface area contributed by atoms with Crippen molar-refractivity contribution in [3.8, 4) is 0 Å². The summed E-state index contributed by atoms with van der Waals surface area (Å²) >= 11 is 0. The Bertz CT molecular complexity index is 538. The van der Waals surface area contributed by atoms with Crippen molar-refractivity contribution in [3.05, 3.63) is 42.0 Å². The maximum atomic E-state index is 12.1. The normalized spacial score (nSPS) is 22.0. The molecule has 1 atom stereocenters. The van der Waals surface area contributed by atoms with E-state index in [9.17, 15) is 9.59 Å². The van der Waals surface area contributed by atoms with Crippen molar-refractivity contribution in [2.75, 3.05) is 0 Å². The number of carbonyl (C=O) groups is 2. The first kappa shape index (κ1) is 19.6. The van der Waals surface area contributed by atoms with Gasteiger partial charge >= 0.3 is 0 Å². The third kappa shape index (κ3) is 6.97. The lowest BCUT2D eigenvalue weighted by Gasteiger charge is -2.31. The van der Waals surface area contributed by atoms with E-state index in [-0.39, 0.29) is 11.7 Å². The average molecular weight is 341 g/mol. The number of allylic oxidation sites excluding steroid dienone is 1. The van der Waals surface area contributed by atoms with E-state index in [0.717, 1.165) is 30.6 Å². The van der Waals surface area contributed by atoms with Crippen LogP contribution in [0, 0.1) is 17.8 Å². The van der Waals surface area contributed by atoms with E-state index in [1.165, 1.54) is 32.1 Å². The summed E-state index contributed by atoms with van der Waals surface area (Å²) in [6, 6.07) is 9.85. The lowest BCUT2D eigenvalue weighted by Crippen LogP contribution is -2.23. The SMILES string of the molecule is CCCCC1CCC(C(C=O)CCC(=O)/C=C/c2ccccc2)CC1. The van der Waals surface area contributed by atoms with E-state index in [1.54, 1.807) is 6.08 Å². The Morgan fingerprint density at radius 1 is 1.16 bits per heavy atom. The summed E-state index contributed by atoms with van der Waals surface area (Å²) in [5, 5.41) is 0. The fourth-order valence-corrected chi connectivity index (χ4v) is 3.96. The Labute approximate surface area is 152 Å². The van der Waals surface area contributed by atoms with Gasteiger partial charge in [0.05, 0.1) is 0 Å². The van der Waals surface area contributed by atoms with Crippen molar-refractivity contribution in [1.82, 2.24) is 0 Å². The summed E-state index contributed by atoms with van der Waals surface area (Å²) in [6.45, 7) is 2.25. The van der Waals surface area contributed by atoms with Gasteiger partial charge in [0, 0.05) is 12.3 Å². The van der Waals surface area contributed by atoms with Gasteiger partial charge in [-0.3, -0.25) is 4.79 Å². The van der Waals surface area contributed by atoms with Crippen LogP contribution >= 0.6 is 0 Å². The van der Waals surface area contributed by atoms with Gasteiger partial charge in [0.1, 0.15) is 6.29 Å². The van der Waals surface area contributed by atoms with Crippen molar-refractivity contribution in [2.24, 2.45) is 17.8 Å². The molecule has 0 aliphatic heterocycles. The van der Waals surface area contributed by atoms with Gasteiger partial charge in [-0.15, -0.1) is 0 Å². The zero-order chi connectivity index (χ0) is 17.9. The van der Waals surface area contributed by atoms with Gasteiger partial charge in [0.2, 0.25) is 0 Å². The molecule has 25 heavy (non-hydrogen) atoms. The van der Waals surface area contributed by atoms with E-state index in [4.69, 9.17) is 0 Å². The van der Waals surface area contributed by atoms with Gasteiger partial charge in [-0.1, -0.05) is 75.4 Å². The van der Waals surface area contributed by atoms with Gasteiger partial charge in [-0.25, -0.2) is 0 Å². The predicted molar refractivity (Wildman–Crippen MR) is 104 cm³/mol. The number of unbranched alkanes of at least 4 members (excludes halogenated alkanes) is 1. The molecule has 1 aliphatic rings. The second-order valence-electron chi connectivity index (χ2n) is 7.47. The number of hydrogen-bond donors (Lipinski definition) is 0. The first-order chi connectivity index (χ1) is 12.2. The number of benzene rings is 1. The average Bonchev–Trinajstić information content (AvgIpc) is 2.67. The zero-order valence-electron chi connectivity index (χ0n) is 15.5. The minimum absolute atomic E-state index is 0.0567. The monoisotopic (exact) mass is 340 g/mol. The molecule has 2 heteroatoms. The number of rotatable bonds is 10. The predicted octanol–water partition coefficient (Wildman–Crippen LogP) is 5.86. The Balaban J connectivity index is 1.74. The van der Waals surface area contributed by atoms with Crippen LogP contribution in [0.4, 0.5) is 0 Å². The molecule has 0 heterocycles. The van der Waals surface area contributed by atoms with E-state index in [0.29, 0.717) is 18.8 Å². The minimum atomic E-state index is 0.0567. The van der Waals surface area contributed by atoms with Crippen LogP contribution in [0.5, 0.6) is 0 Å². The Kier molecular flexibility index (Phi) is 8.65. The van der Waals surface area contributed by atoms with Crippen LogP contribution in [0.2, 0.25) is 0 Å². The Morgan fingerprint density at radius 2 is 1.88 bits per heavy atom. The molecule has 2 nitrogen and oxygen atoms in total. The van der Waals surface area contributed by atoms with Crippen molar-refractivity contribution < 1.29 is 9.59 Å². The highest BCUT2D eigenvalue weighted by Crippen LogP contribution is 2.36. The first-order valence-electron chi connectivity index (χ1n) is 9.94. The fourth-order valence-electron chi connectivity index (χ4n) is 3.96. The second kappa shape index (κ2) is 11.0. The highest BCUT2D eigenvalue weighted by molar-refractivity contribution is 5.93. The topological polar surface area (TPSA) is 34.1 Å². The highest BCUT2D eigenvalue weighted by Gasteiger charge is 2.27. The van der Waals surface area contributed by atoms with Crippen molar-refractivity contribution in [1.29, 1.82) is 0 Å². The third-order valence-electron chi connectivity index (χ3n) is 5.62. The first-order valence-corrected chi connectivity index (χ1v) is 9.94. The molecule has 0 bridgehead atoms. The van der Waals surface area contributed by atoms with Gasteiger partial charge in [-0.2, -0.15) is 0 Å². The molecule has 136 valence electrons. The van der Waals surface area contributed by atoms with E-state index >= 15 is 0 Å². The summed E-state index contributed by atoms with van der Waals surface area (Å²) in [7, 11) is 0. The van der Waals surface area contributed by atoms with Crippen LogP contribution in [0.15, 0.2) is 36.4 Å². The highest BCUT2D eigenvalue weighted by atomic mass is 16.1. The maximum absolute atomic E-state index is 12.1. The Morgan fingerprint density at radius 3 is 2.52 bits per heavy atom. The second-order valence-corrected chi connectivity index (χ2v) is 7.47. The summed E-state index contributed by atoms with van der Waals surface area (Å²) in [6.07, 6.45) is 14.6. The van der Waals surface area contributed by atoms with Crippen LogP contribution in [0.25, 0.3) is 6.08 Å². The fraction of sp³-hybridized carbons (Fsp3) is 0.565. The van der Waals surface area contributed by atoms with E-state index < -0.39 is 0 Å². The molecule has 0 radical (unpaired) electrons. The molecule has 2 rings (SSSR count). The van der Waals surface area contributed by atoms with Crippen LogP contribution in [-0.4, -0.2) is 12.1 Å². The molecular formula is C23H32O2. The maximum Gasteiger partial charge on any atom is 0.155 e. The third-order valence-corrected chi connectivity index (χ3v) is 5.62. The molecule has 0 N–H and O–H groups in total. The van der Waals surface area contributed by atoms with Crippen molar-refractivity contribution in [3.63, 3.8) is 0 Å². The van der Waals surface area contributed by atoms with E-state index in [1.807, 2.05) is 36.4 Å². The number of carbonyl (C=O) groups excluding carboxylic acids is 2. The van der Waals surface area contributed by atoms with Gasteiger partial charge < -0.3 is 4.79 Å². The molecule has 1 unspecified atom stereocenters. The van der Waals surface area contributed by atoms with Crippen LogP contribution in [0.1, 0.15) is 70.3 Å². The number of hydrogen-bond acceptors (Lipinski definition) is 2. The van der Waals surface area contributed by atoms with Gasteiger partial charge in [0.25, 0.3) is 0 Å². The van der Waals surface area contributed by atoms with Crippen LogP contribution in [-0.2, 0) is 9.59 Å². The lowest BCUT2D eigenvalue weighted by molar-refractivity contribution is -0.116. The van der Waals surface area contributed by atoms with Crippen LogP contribution in [0.3, 0.4) is 0 Å². The molecule has 0 aromatic heterocycles. The van der Waals surface area contributed by atoms with Gasteiger partial charge in [-0.05, 0) is 42.7 Å². The summed E-state index contributed by atoms with van der Waals surface area (Å²) in [5.41, 5.74) is 1.04.